The van der Waals surface area contributed by atoms with E-state index in [2.05, 4.69) is 4.74 Å². The van der Waals surface area contributed by atoms with Crippen LogP contribution in [0.2, 0.25) is 0 Å². The van der Waals surface area contributed by atoms with Crippen LogP contribution in [0.5, 0.6) is 5.75 Å². The standard InChI is InChI=1S/C17H11NO8/c1-24-17(23)25-12-7-3-6-11-13(12)26-16(22)18(14(11)19)10-5-2-4-9(8-10)15(20)21/h2-8H,1H3,(H,20,21). The molecule has 0 atom stereocenters. The van der Waals surface area contributed by atoms with Crippen LogP contribution < -0.4 is 16.1 Å². The van der Waals surface area contributed by atoms with Crippen molar-refractivity contribution in [1.29, 1.82) is 0 Å². The Balaban J connectivity index is 2.26. The number of benzene rings is 2. The zero-order valence-corrected chi connectivity index (χ0v) is 13.3. The first-order valence-electron chi connectivity index (χ1n) is 7.21. The average Bonchev–Trinajstić information content (AvgIpc) is 2.62. The van der Waals surface area contributed by atoms with Gasteiger partial charge in [-0.25, -0.2) is 19.0 Å². The molecule has 2 aromatic carbocycles. The van der Waals surface area contributed by atoms with Crippen LogP contribution in [0, 0.1) is 0 Å². The summed E-state index contributed by atoms with van der Waals surface area (Å²) in [5.41, 5.74) is -1.05. The van der Waals surface area contributed by atoms with Gasteiger partial charge in [-0.15, -0.1) is 0 Å². The van der Waals surface area contributed by atoms with Gasteiger partial charge in [0.25, 0.3) is 5.56 Å². The normalized spacial score (nSPS) is 10.5. The lowest BCUT2D eigenvalue weighted by molar-refractivity contribution is 0.0696. The second-order valence-corrected chi connectivity index (χ2v) is 5.05. The van der Waals surface area contributed by atoms with Gasteiger partial charge in [-0.05, 0) is 30.3 Å². The lowest BCUT2D eigenvalue weighted by Crippen LogP contribution is -2.31. The quantitative estimate of drug-likeness (QED) is 0.555. The molecule has 0 saturated carbocycles. The van der Waals surface area contributed by atoms with Gasteiger partial charge in [0.2, 0.25) is 0 Å². The number of fused-ring (bicyclic) bond motifs is 1. The van der Waals surface area contributed by atoms with Gasteiger partial charge in [0.15, 0.2) is 11.3 Å². The third-order valence-corrected chi connectivity index (χ3v) is 3.50. The van der Waals surface area contributed by atoms with Gasteiger partial charge in [0.05, 0.1) is 23.7 Å². The first kappa shape index (κ1) is 17.0. The van der Waals surface area contributed by atoms with Crippen molar-refractivity contribution in [2.75, 3.05) is 7.11 Å². The maximum Gasteiger partial charge on any atom is 0.513 e. The van der Waals surface area contributed by atoms with E-state index < -0.39 is 23.4 Å². The van der Waals surface area contributed by atoms with Crippen molar-refractivity contribution in [2.24, 2.45) is 0 Å². The summed E-state index contributed by atoms with van der Waals surface area (Å²) in [5, 5.41) is 9.03. The molecular formula is C17H11NO8. The molecule has 1 N–H and O–H groups in total. The average molecular weight is 357 g/mol. The van der Waals surface area contributed by atoms with Gasteiger partial charge in [0.1, 0.15) is 0 Å². The molecule has 0 saturated heterocycles. The number of ether oxygens (including phenoxy) is 2. The Labute approximate surface area is 144 Å². The lowest BCUT2D eigenvalue weighted by atomic mass is 10.2. The van der Waals surface area contributed by atoms with E-state index >= 15 is 0 Å². The molecule has 0 radical (unpaired) electrons. The molecule has 0 unspecified atom stereocenters. The van der Waals surface area contributed by atoms with Crippen molar-refractivity contribution < 1.29 is 28.6 Å². The molecule has 3 aromatic rings. The molecule has 0 amide bonds. The highest BCUT2D eigenvalue weighted by atomic mass is 16.7. The molecular weight excluding hydrogens is 346 g/mol. The summed E-state index contributed by atoms with van der Waals surface area (Å²) < 4.78 is 15.1. The first-order chi connectivity index (χ1) is 12.4. The van der Waals surface area contributed by atoms with Crippen molar-refractivity contribution >= 4 is 23.1 Å². The van der Waals surface area contributed by atoms with E-state index in [4.69, 9.17) is 14.3 Å². The maximum absolute atomic E-state index is 12.7. The fourth-order valence-corrected chi connectivity index (χ4v) is 2.34. The molecule has 0 aliphatic heterocycles. The van der Waals surface area contributed by atoms with Gasteiger partial charge in [-0.2, -0.15) is 0 Å². The SMILES string of the molecule is COC(=O)Oc1cccc2c(=O)n(-c3cccc(C(=O)O)c3)c(=O)oc12. The van der Waals surface area contributed by atoms with Gasteiger partial charge in [-0.3, -0.25) is 4.79 Å². The first-order valence-corrected chi connectivity index (χ1v) is 7.21. The molecule has 3 rings (SSSR count). The van der Waals surface area contributed by atoms with Crippen LogP contribution in [-0.2, 0) is 4.74 Å². The second-order valence-electron chi connectivity index (χ2n) is 5.05. The van der Waals surface area contributed by atoms with Crippen LogP contribution in [0.4, 0.5) is 4.79 Å². The van der Waals surface area contributed by atoms with Crippen molar-refractivity contribution in [3.63, 3.8) is 0 Å². The summed E-state index contributed by atoms with van der Waals surface area (Å²) in [7, 11) is 1.10. The van der Waals surface area contributed by atoms with Crippen molar-refractivity contribution in [3.05, 3.63) is 68.9 Å². The largest absolute Gasteiger partial charge is 0.513 e. The highest BCUT2D eigenvalue weighted by molar-refractivity contribution is 5.88. The van der Waals surface area contributed by atoms with Crippen LogP contribution >= 0.6 is 0 Å². The van der Waals surface area contributed by atoms with Crippen LogP contribution in [0.25, 0.3) is 16.7 Å². The molecule has 9 nitrogen and oxygen atoms in total. The van der Waals surface area contributed by atoms with Gasteiger partial charge >= 0.3 is 17.9 Å². The van der Waals surface area contributed by atoms with Gasteiger partial charge in [-0.1, -0.05) is 12.1 Å². The second kappa shape index (κ2) is 6.55. The number of aromatic nitrogens is 1. The molecule has 1 aromatic heterocycles. The van der Waals surface area contributed by atoms with Gasteiger partial charge in [0, 0.05) is 0 Å². The zero-order valence-electron chi connectivity index (χ0n) is 13.3. The zero-order chi connectivity index (χ0) is 18.8. The molecule has 1 heterocycles. The predicted octanol–water partition coefficient (Wildman–Crippen LogP) is 1.79. The molecule has 0 bridgehead atoms. The van der Waals surface area contributed by atoms with Crippen LogP contribution in [0.3, 0.4) is 0 Å². The topological polar surface area (TPSA) is 125 Å². The molecule has 26 heavy (non-hydrogen) atoms. The number of nitrogens with zero attached hydrogens (tertiary/aromatic N) is 1. The minimum absolute atomic E-state index is 0.0323. The van der Waals surface area contributed by atoms with Crippen molar-refractivity contribution in [3.8, 4) is 11.4 Å². The van der Waals surface area contributed by atoms with Crippen LogP contribution in [0.1, 0.15) is 10.4 Å². The van der Waals surface area contributed by atoms with Gasteiger partial charge < -0.3 is 19.0 Å². The molecule has 9 heteroatoms. The Kier molecular flexibility index (Phi) is 4.27. The number of hydrogen-bond donors (Lipinski definition) is 1. The number of carboxylic acids is 1. The Bertz CT molecular complexity index is 1140. The summed E-state index contributed by atoms with van der Waals surface area (Å²) in [5.74, 6) is -2.43. The smallest absolute Gasteiger partial charge is 0.478 e. The lowest BCUT2D eigenvalue weighted by Gasteiger charge is -2.08. The van der Waals surface area contributed by atoms with E-state index in [9.17, 15) is 19.2 Å². The number of carboxylic acid groups (broad SMARTS) is 1. The van der Waals surface area contributed by atoms with Crippen LogP contribution in [-0.4, -0.2) is 28.9 Å². The van der Waals surface area contributed by atoms with E-state index in [1.165, 1.54) is 42.5 Å². The predicted molar refractivity (Wildman–Crippen MR) is 88.1 cm³/mol. The fourth-order valence-electron chi connectivity index (χ4n) is 2.34. The van der Waals surface area contributed by atoms with E-state index in [0.29, 0.717) is 4.57 Å². The van der Waals surface area contributed by atoms with E-state index in [0.717, 1.165) is 7.11 Å². The third kappa shape index (κ3) is 2.93. The molecule has 0 spiro atoms. The van der Waals surface area contributed by atoms with Crippen molar-refractivity contribution in [1.82, 2.24) is 4.57 Å². The molecule has 0 aliphatic carbocycles. The summed E-state index contributed by atoms with van der Waals surface area (Å²) >= 11 is 0. The fraction of sp³-hybridized carbons (Fsp3) is 0.0588. The molecule has 0 aliphatic rings. The molecule has 132 valence electrons. The van der Waals surface area contributed by atoms with E-state index in [-0.39, 0.29) is 28.0 Å². The number of methoxy groups -OCH3 is 1. The number of carbonyl (C=O) groups is 2. The Morgan fingerprint density at radius 1 is 1.12 bits per heavy atom. The highest BCUT2D eigenvalue weighted by Crippen LogP contribution is 2.23. The number of rotatable bonds is 3. The molecule has 0 fully saturated rings. The highest BCUT2D eigenvalue weighted by Gasteiger charge is 2.17. The third-order valence-electron chi connectivity index (χ3n) is 3.50. The number of aromatic carboxylic acids is 1. The minimum atomic E-state index is -1.21. The van der Waals surface area contributed by atoms with Crippen molar-refractivity contribution in [2.45, 2.75) is 0 Å². The summed E-state index contributed by atoms with van der Waals surface area (Å²) in [4.78, 5) is 47.4. The Morgan fingerprint density at radius 2 is 1.85 bits per heavy atom. The Morgan fingerprint density at radius 3 is 2.54 bits per heavy atom. The van der Waals surface area contributed by atoms with E-state index in [1.54, 1.807) is 0 Å². The van der Waals surface area contributed by atoms with E-state index in [1.807, 2.05) is 0 Å². The monoisotopic (exact) mass is 357 g/mol. The number of hydrogen-bond acceptors (Lipinski definition) is 7. The number of carbonyl (C=O) groups excluding carboxylic acids is 1. The van der Waals surface area contributed by atoms with Crippen LogP contribution in [0.15, 0.2) is 56.5 Å². The number of para-hydroxylation sites is 1. The maximum atomic E-state index is 12.7. The summed E-state index contributed by atoms with van der Waals surface area (Å²) in [6.45, 7) is 0. The summed E-state index contributed by atoms with van der Waals surface area (Å²) in [6, 6.07) is 9.42. The Hall–Kier alpha value is -3.88. The summed E-state index contributed by atoms with van der Waals surface area (Å²) in [6.07, 6.45) is -1.04. The minimum Gasteiger partial charge on any atom is -0.478 e.